The second-order valence-electron chi connectivity index (χ2n) is 4.87. The van der Waals surface area contributed by atoms with Crippen LogP contribution in [0.1, 0.15) is 32.0 Å². The van der Waals surface area contributed by atoms with Gasteiger partial charge in [0.25, 0.3) is 0 Å². The van der Waals surface area contributed by atoms with Crippen LogP contribution in [-0.2, 0) is 23.2 Å². The van der Waals surface area contributed by atoms with Crippen LogP contribution in [0.4, 0.5) is 0 Å². The Bertz CT molecular complexity index is 616. The molecule has 1 aliphatic heterocycles. The first kappa shape index (κ1) is 16.9. The second-order valence-corrected chi connectivity index (χ2v) is 7.02. The number of Topliss-reactive ketones (excluding diaryl/α,β-unsaturated/α-hetero) is 1. The summed E-state index contributed by atoms with van der Waals surface area (Å²) < 4.78 is 29.1. The number of rotatable bonds is 6. The van der Waals surface area contributed by atoms with Crippen molar-refractivity contribution in [1.29, 1.82) is 0 Å². The number of hydrogen-bond donors (Lipinski definition) is 0. The minimum atomic E-state index is -3.70. The van der Waals surface area contributed by atoms with Crippen molar-refractivity contribution in [1.82, 2.24) is 0 Å². The minimum absolute atomic E-state index is 0.148. The third kappa shape index (κ3) is 3.00. The van der Waals surface area contributed by atoms with Gasteiger partial charge in [-0.25, -0.2) is 0 Å². The number of esters is 1. The lowest BCUT2D eigenvalue weighted by atomic mass is 9.92. The van der Waals surface area contributed by atoms with Gasteiger partial charge in [-0.1, -0.05) is 18.2 Å². The molecule has 0 saturated heterocycles. The molecular weight excluding hydrogens is 307 g/mol. The Labute approximate surface area is 129 Å². The highest BCUT2D eigenvalue weighted by Crippen LogP contribution is 2.66. The molecule has 0 radical (unpaired) electrons. The van der Waals surface area contributed by atoms with Crippen molar-refractivity contribution in [3.63, 3.8) is 0 Å². The maximum atomic E-state index is 13.2. The van der Waals surface area contributed by atoms with E-state index >= 15 is 0 Å². The molecule has 1 heterocycles. The van der Waals surface area contributed by atoms with Crippen molar-refractivity contribution in [3.05, 3.63) is 29.8 Å². The number of carbonyl (C=O) groups excluding carboxylic acids is 2. The number of benzene rings is 1. The Morgan fingerprint density at radius 2 is 1.82 bits per heavy atom. The van der Waals surface area contributed by atoms with E-state index in [1.54, 1.807) is 38.1 Å². The molecule has 1 aliphatic rings. The Balaban J connectivity index is 2.62. The van der Waals surface area contributed by atoms with Crippen LogP contribution < -0.4 is 4.74 Å². The Kier molecular flexibility index (Phi) is 5.16. The van der Waals surface area contributed by atoms with Crippen LogP contribution in [0, 0.1) is 5.92 Å². The van der Waals surface area contributed by atoms with Crippen LogP contribution in [0.25, 0.3) is 0 Å². The molecule has 2 rings (SSSR count). The van der Waals surface area contributed by atoms with E-state index in [2.05, 4.69) is 0 Å². The Morgan fingerprint density at radius 3 is 2.36 bits per heavy atom. The van der Waals surface area contributed by atoms with E-state index in [4.69, 9.17) is 13.8 Å². The van der Waals surface area contributed by atoms with Gasteiger partial charge in [0.1, 0.15) is 23.1 Å². The highest BCUT2D eigenvalue weighted by Gasteiger charge is 2.52. The largest absolute Gasteiger partial charge is 0.426 e. The average Bonchev–Trinajstić information content (AvgIpc) is 2.45. The molecule has 1 aromatic carbocycles. The van der Waals surface area contributed by atoms with Gasteiger partial charge in [-0.2, -0.15) is 0 Å². The van der Waals surface area contributed by atoms with E-state index in [-0.39, 0.29) is 19.0 Å². The summed E-state index contributed by atoms with van der Waals surface area (Å²) in [5.41, 5.74) is -0.491. The van der Waals surface area contributed by atoms with Crippen molar-refractivity contribution < 1.29 is 27.9 Å². The molecule has 7 heteroatoms. The van der Waals surface area contributed by atoms with Crippen molar-refractivity contribution in [2.45, 2.75) is 26.4 Å². The van der Waals surface area contributed by atoms with E-state index in [0.29, 0.717) is 5.56 Å². The van der Waals surface area contributed by atoms with E-state index in [9.17, 15) is 14.2 Å². The summed E-state index contributed by atoms with van der Waals surface area (Å²) in [6.45, 7) is 4.93. The van der Waals surface area contributed by atoms with E-state index in [1.807, 2.05) is 0 Å². The van der Waals surface area contributed by atoms with Crippen molar-refractivity contribution in [2.24, 2.45) is 5.92 Å². The molecule has 22 heavy (non-hydrogen) atoms. The zero-order valence-corrected chi connectivity index (χ0v) is 13.7. The van der Waals surface area contributed by atoms with Crippen LogP contribution >= 0.6 is 7.60 Å². The summed E-state index contributed by atoms with van der Waals surface area (Å²) in [5, 5.41) is 0. The predicted octanol–water partition coefficient (Wildman–Crippen LogP) is 3.12. The fraction of sp³-hybridized carbons (Fsp3) is 0.467. The normalized spacial score (nSPS) is 21.1. The van der Waals surface area contributed by atoms with Gasteiger partial charge in [-0.3, -0.25) is 14.2 Å². The van der Waals surface area contributed by atoms with Crippen LogP contribution in [0.15, 0.2) is 24.3 Å². The Hall–Kier alpha value is -1.49. The molecule has 0 saturated carbocycles. The summed E-state index contributed by atoms with van der Waals surface area (Å²) in [6.07, 6.45) is 0. The Morgan fingerprint density at radius 1 is 1.23 bits per heavy atom. The van der Waals surface area contributed by atoms with Gasteiger partial charge < -0.3 is 13.8 Å². The first-order chi connectivity index (χ1) is 10.4. The number of ketones is 1. The van der Waals surface area contributed by atoms with Crippen LogP contribution in [0.5, 0.6) is 5.75 Å². The smallest absolute Gasteiger partial charge is 0.339 e. The fourth-order valence-corrected chi connectivity index (χ4v) is 4.96. The average molecular weight is 326 g/mol. The highest BCUT2D eigenvalue weighted by atomic mass is 31.2. The molecule has 0 spiro atoms. The van der Waals surface area contributed by atoms with Crippen LogP contribution in [-0.4, -0.2) is 25.0 Å². The summed E-state index contributed by atoms with van der Waals surface area (Å²) in [4.78, 5) is 24.1. The van der Waals surface area contributed by atoms with Gasteiger partial charge in [0.2, 0.25) is 0 Å². The maximum Gasteiger partial charge on any atom is 0.339 e. The van der Waals surface area contributed by atoms with Crippen LogP contribution in [0.2, 0.25) is 0 Å². The lowest BCUT2D eigenvalue weighted by Crippen LogP contribution is -2.36. The predicted molar refractivity (Wildman–Crippen MR) is 79.8 cm³/mol. The topological polar surface area (TPSA) is 78.9 Å². The number of fused-ring (bicyclic) bond motifs is 1. The molecule has 0 bridgehead atoms. The van der Waals surface area contributed by atoms with Crippen LogP contribution in [0.3, 0.4) is 0 Å². The molecule has 0 amide bonds. The minimum Gasteiger partial charge on any atom is -0.426 e. The maximum absolute atomic E-state index is 13.2. The van der Waals surface area contributed by atoms with Gasteiger partial charge in [0.15, 0.2) is 0 Å². The SMILES string of the molecule is CCOP(=O)(OCC)[C@@H]1c2ccccc2OC(=O)[C@@H]1C(C)=O. The first-order valence-electron chi connectivity index (χ1n) is 7.14. The van der Waals surface area contributed by atoms with Crippen molar-refractivity contribution >= 4 is 19.3 Å². The monoisotopic (exact) mass is 326 g/mol. The van der Waals surface area contributed by atoms with Gasteiger partial charge in [-0.15, -0.1) is 0 Å². The molecule has 6 nitrogen and oxygen atoms in total. The van der Waals surface area contributed by atoms with E-state index < -0.39 is 30.9 Å². The fourth-order valence-electron chi connectivity index (χ4n) is 2.60. The van der Waals surface area contributed by atoms with Crippen molar-refractivity contribution in [2.75, 3.05) is 13.2 Å². The number of para-hydroxylation sites is 1. The third-order valence-electron chi connectivity index (χ3n) is 3.41. The number of ether oxygens (including phenoxy) is 1. The quantitative estimate of drug-likeness (QED) is 0.346. The molecule has 0 N–H and O–H groups in total. The van der Waals surface area contributed by atoms with Gasteiger partial charge in [-0.05, 0) is 26.8 Å². The van der Waals surface area contributed by atoms with Gasteiger partial charge in [0.05, 0.1) is 13.2 Å². The highest BCUT2D eigenvalue weighted by molar-refractivity contribution is 7.54. The molecule has 120 valence electrons. The molecule has 0 unspecified atom stereocenters. The molecule has 0 aliphatic carbocycles. The first-order valence-corrected chi connectivity index (χ1v) is 8.75. The lowest BCUT2D eigenvalue weighted by molar-refractivity contribution is -0.145. The number of carbonyl (C=O) groups is 2. The molecule has 0 aromatic heterocycles. The molecule has 2 atom stereocenters. The standard InChI is InChI=1S/C15H19O6P/c1-4-19-22(18,20-5-2)14-11-8-6-7-9-12(11)21-15(17)13(14)10(3)16/h6-9,13-14H,4-5H2,1-3H3/t13-,14-/m1/s1. The zero-order chi connectivity index (χ0) is 16.3. The van der Waals surface area contributed by atoms with Gasteiger partial charge in [0, 0.05) is 5.56 Å². The summed E-state index contributed by atoms with van der Waals surface area (Å²) >= 11 is 0. The zero-order valence-electron chi connectivity index (χ0n) is 12.8. The second kappa shape index (κ2) is 6.73. The lowest BCUT2D eigenvalue weighted by Gasteiger charge is -2.34. The summed E-state index contributed by atoms with van der Waals surface area (Å²) in [7, 11) is -3.70. The van der Waals surface area contributed by atoms with E-state index in [1.165, 1.54) is 6.92 Å². The van der Waals surface area contributed by atoms with Gasteiger partial charge >= 0.3 is 13.6 Å². The van der Waals surface area contributed by atoms with Crippen molar-refractivity contribution in [3.8, 4) is 5.75 Å². The molecular formula is C15H19O6P. The summed E-state index contributed by atoms with van der Waals surface area (Å²) in [6, 6.07) is 6.69. The van der Waals surface area contributed by atoms with E-state index in [0.717, 1.165) is 0 Å². The summed E-state index contributed by atoms with van der Waals surface area (Å²) in [5.74, 6) is -2.06. The third-order valence-corrected chi connectivity index (χ3v) is 5.91. The number of hydrogen-bond acceptors (Lipinski definition) is 6. The molecule has 0 fully saturated rings. The molecule has 1 aromatic rings.